The SMILES string of the molecule is Cc1nc([C@H]2CCCN(C(=O)Nc3cc(-n4cnnc4)ccc3F)C2)n[nH]1. The van der Waals surface area contributed by atoms with Gasteiger partial charge >= 0.3 is 6.03 Å². The summed E-state index contributed by atoms with van der Waals surface area (Å²) >= 11 is 0. The van der Waals surface area contributed by atoms with Crippen LogP contribution in [-0.2, 0) is 0 Å². The third-order valence-corrected chi connectivity index (χ3v) is 4.60. The second kappa shape index (κ2) is 7.14. The van der Waals surface area contributed by atoms with Crippen LogP contribution in [0.25, 0.3) is 5.69 Å². The molecule has 140 valence electrons. The number of hydrogen-bond donors (Lipinski definition) is 2. The summed E-state index contributed by atoms with van der Waals surface area (Å²) in [5.74, 6) is 1.03. The first kappa shape index (κ1) is 17.1. The molecule has 10 heteroatoms. The molecule has 2 amide bonds. The van der Waals surface area contributed by atoms with Crippen LogP contribution in [0.4, 0.5) is 14.9 Å². The van der Waals surface area contributed by atoms with Crippen LogP contribution in [-0.4, -0.2) is 54.0 Å². The Morgan fingerprint density at radius 2 is 2.15 bits per heavy atom. The van der Waals surface area contributed by atoms with Gasteiger partial charge in [0.25, 0.3) is 0 Å². The minimum atomic E-state index is -0.502. The second-order valence-corrected chi connectivity index (χ2v) is 6.53. The topological polar surface area (TPSA) is 105 Å². The highest BCUT2D eigenvalue weighted by Gasteiger charge is 2.27. The van der Waals surface area contributed by atoms with Gasteiger partial charge in [-0.25, -0.2) is 14.2 Å². The molecule has 1 aliphatic heterocycles. The van der Waals surface area contributed by atoms with E-state index in [0.717, 1.165) is 18.7 Å². The van der Waals surface area contributed by atoms with Gasteiger partial charge in [-0.3, -0.25) is 9.67 Å². The molecule has 0 bridgehead atoms. The van der Waals surface area contributed by atoms with Crippen molar-refractivity contribution < 1.29 is 9.18 Å². The van der Waals surface area contributed by atoms with Gasteiger partial charge in [-0.15, -0.1) is 10.2 Å². The Morgan fingerprint density at radius 3 is 2.89 bits per heavy atom. The number of nitrogens with zero attached hydrogens (tertiary/aromatic N) is 6. The predicted octanol–water partition coefficient (Wildman–Crippen LogP) is 2.24. The molecule has 4 rings (SSSR count). The van der Waals surface area contributed by atoms with E-state index in [1.165, 1.54) is 18.7 Å². The maximum atomic E-state index is 14.2. The summed E-state index contributed by atoms with van der Waals surface area (Å²) in [6.07, 6.45) is 4.77. The normalized spacial score (nSPS) is 17.1. The first-order valence-electron chi connectivity index (χ1n) is 8.69. The number of aromatic nitrogens is 6. The number of rotatable bonds is 3. The number of H-pyrrole nitrogens is 1. The number of amides is 2. The van der Waals surface area contributed by atoms with Crippen LogP contribution in [0.2, 0.25) is 0 Å². The molecule has 1 fully saturated rings. The number of nitrogens with one attached hydrogen (secondary N) is 2. The number of halogens is 1. The van der Waals surface area contributed by atoms with Gasteiger partial charge in [0, 0.05) is 19.0 Å². The predicted molar refractivity (Wildman–Crippen MR) is 95.0 cm³/mol. The number of likely N-dealkylation sites (tertiary alicyclic amines) is 1. The molecule has 3 aromatic rings. The minimum absolute atomic E-state index is 0.0719. The molecule has 1 saturated heterocycles. The van der Waals surface area contributed by atoms with Gasteiger partial charge in [0.1, 0.15) is 24.3 Å². The van der Waals surface area contributed by atoms with Crippen LogP contribution in [0, 0.1) is 12.7 Å². The van der Waals surface area contributed by atoms with E-state index >= 15 is 0 Å². The Kier molecular flexibility index (Phi) is 4.53. The van der Waals surface area contributed by atoms with Crippen LogP contribution in [0.15, 0.2) is 30.9 Å². The van der Waals surface area contributed by atoms with Gasteiger partial charge in [0.05, 0.1) is 11.4 Å². The van der Waals surface area contributed by atoms with Crippen LogP contribution < -0.4 is 5.32 Å². The van der Waals surface area contributed by atoms with Crippen LogP contribution >= 0.6 is 0 Å². The fourth-order valence-electron chi connectivity index (χ4n) is 3.21. The molecule has 0 radical (unpaired) electrons. The van der Waals surface area contributed by atoms with E-state index in [-0.39, 0.29) is 17.6 Å². The number of aromatic amines is 1. The number of carbonyl (C=O) groups excluding carboxylic acids is 1. The van der Waals surface area contributed by atoms with Crippen molar-refractivity contribution in [2.45, 2.75) is 25.7 Å². The molecule has 0 aliphatic carbocycles. The third-order valence-electron chi connectivity index (χ3n) is 4.60. The number of anilines is 1. The standard InChI is InChI=1S/C17H19FN8O/c1-11-21-16(24-23-11)12-3-2-6-25(8-12)17(27)22-15-7-13(4-5-14(15)18)26-9-19-20-10-26/h4-5,7,9-10,12H,2-3,6,8H2,1H3,(H,22,27)(H,21,23,24)/t12-/m0/s1. The van der Waals surface area contributed by atoms with E-state index in [9.17, 15) is 9.18 Å². The Labute approximate surface area is 154 Å². The fourth-order valence-corrected chi connectivity index (χ4v) is 3.21. The quantitative estimate of drug-likeness (QED) is 0.736. The van der Waals surface area contributed by atoms with Crippen LogP contribution in [0.5, 0.6) is 0 Å². The number of aryl methyl sites for hydroxylation is 1. The van der Waals surface area contributed by atoms with Gasteiger partial charge in [-0.05, 0) is 38.0 Å². The average Bonchev–Trinajstić information content (AvgIpc) is 3.35. The summed E-state index contributed by atoms with van der Waals surface area (Å²) in [7, 11) is 0. The summed E-state index contributed by atoms with van der Waals surface area (Å²) in [6.45, 7) is 2.95. The van der Waals surface area contributed by atoms with E-state index in [4.69, 9.17) is 0 Å². The summed E-state index contributed by atoms with van der Waals surface area (Å²) in [5.41, 5.74) is 0.770. The van der Waals surface area contributed by atoms with Crippen molar-refractivity contribution in [3.63, 3.8) is 0 Å². The Morgan fingerprint density at radius 1 is 1.33 bits per heavy atom. The second-order valence-electron chi connectivity index (χ2n) is 6.53. The van der Waals surface area contributed by atoms with E-state index in [1.54, 1.807) is 21.6 Å². The lowest BCUT2D eigenvalue weighted by Gasteiger charge is -2.31. The third kappa shape index (κ3) is 3.64. The van der Waals surface area contributed by atoms with Crippen LogP contribution in [0.1, 0.15) is 30.4 Å². The zero-order valence-corrected chi connectivity index (χ0v) is 14.8. The average molecular weight is 370 g/mol. The number of carbonyl (C=O) groups is 1. The minimum Gasteiger partial charge on any atom is -0.324 e. The number of benzene rings is 1. The molecule has 0 saturated carbocycles. The summed E-state index contributed by atoms with van der Waals surface area (Å²) in [5, 5.41) is 17.2. The van der Waals surface area contributed by atoms with Crippen molar-refractivity contribution in [3.05, 3.63) is 48.3 Å². The smallest absolute Gasteiger partial charge is 0.321 e. The van der Waals surface area contributed by atoms with Crippen molar-refractivity contribution in [3.8, 4) is 5.69 Å². The fraction of sp³-hybridized carbons (Fsp3) is 0.353. The van der Waals surface area contributed by atoms with Crippen molar-refractivity contribution in [1.82, 2.24) is 34.8 Å². The van der Waals surface area contributed by atoms with E-state index < -0.39 is 5.82 Å². The molecule has 0 spiro atoms. The molecule has 1 aliphatic rings. The van der Waals surface area contributed by atoms with Gasteiger partial charge in [0.2, 0.25) is 0 Å². The first-order chi connectivity index (χ1) is 13.1. The van der Waals surface area contributed by atoms with Gasteiger partial charge < -0.3 is 10.2 Å². The molecule has 3 heterocycles. The lowest BCUT2D eigenvalue weighted by molar-refractivity contribution is 0.191. The van der Waals surface area contributed by atoms with Crippen molar-refractivity contribution in [2.24, 2.45) is 0 Å². The van der Waals surface area contributed by atoms with E-state index in [0.29, 0.717) is 24.6 Å². The Bertz CT molecular complexity index is 938. The summed E-state index contributed by atoms with van der Waals surface area (Å²) in [6, 6.07) is 4.11. The zero-order chi connectivity index (χ0) is 18.8. The lowest BCUT2D eigenvalue weighted by Crippen LogP contribution is -2.42. The van der Waals surface area contributed by atoms with Gasteiger partial charge in [-0.1, -0.05) is 0 Å². The van der Waals surface area contributed by atoms with Crippen LogP contribution in [0.3, 0.4) is 0 Å². The maximum absolute atomic E-state index is 14.2. The number of urea groups is 1. The van der Waals surface area contributed by atoms with Crippen molar-refractivity contribution >= 4 is 11.7 Å². The van der Waals surface area contributed by atoms with Crippen molar-refractivity contribution in [1.29, 1.82) is 0 Å². The summed E-state index contributed by atoms with van der Waals surface area (Å²) < 4.78 is 15.8. The number of hydrogen-bond acceptors (Lipinski definition) is 5. The lowest BCUT2D eigenvalue weighted by atomic mass is 9.98. The monoisotopic (exact) mass is 370 g/mol. The molecule has 9 nitrogen and oxygen atoms in total. The number of piperidine rings is 1. The molecule has 0 unspecified atom stereocenters. The Hall–Kier alpha value is -3.30. The molecule has 27 heavy (non-hydrogen) atoms. The maximum Gasteiger partial charge on any atom is 0.321 e. The van der Waals surface area contributed by atoms with Gasteiger partial charge in [-0.2, -0.15) is 5.10 Å². The molecule has 1 atom stereocenters. The highest BCUT2D eigenvalue weighted by atomic mass is 19.1. The van der Waals surface area contributed by atoms with Crippen molar-refractivity contribution in [2.75, 3.05) is 18.4 Å². The zero-order valence-electron chi connectivity index (χ0n) is 14.8. The largest absolute Gasteiger partial charge is 0.324 e. The molecule has 2 aromatic heterocycles. The molecular weight excluding hydrogens is 351 g/mol. The van der Waals surface area contributed by atoms with Gasteiger partial charge in [0.15, 0.2) is 5.82 Å². The molecular formula is C17H19FN8O. The van der Waals surface area contributed by atoms with E-state index in [1.807, 2.05) is 6.92 Å². The highest BCUT2D eigenvalue weighted by Crippen LogP contribution is 2.25. The molecule has 2 N–H and O–H groups in total. The summed E-state index contributed by atoms with van der Waals surface area (Å²) in [4.78, 5) is 18.7. The van der Waals surface area contributed by atoms with E-state index in [2.05, 4.69) is 30.7 Å². The molecule has 1 aromatic carbocycles. The Balaban J connectivity index is 1.48. The highest BCUT2D eigenvalue weighted by molar-refractivity contribution is 5.90. The first-order valence-corrected chi connectivity index (χ1v) is 8.69.